The number of hydrogen-bond donors (Lipinski definition) is 2. The molecule has 98 valence electrons. The van der Waals surface area contributed by atoms with Crippen molar-refractivity contribution in [2.75, 3.05) is 5.73 Å². The van der Waals surface area contributed by atoms with Crippen LogP contribution in [0.5, 0.6) is 0 Å². The largest absolute Gasteiger partial charge is 0.399 e. The van der Waals surface area contributed by atoms with E-state index in [-0.39, 0.29) is 11.9 Å². The lowest BCUT2D eigenvalue weighted by Crippen LogP contribution is -2.27. The van der Waals surface area contributed by atoms with Gasteiger partial charge in [-0.3, -0.25) is 4.79 Å². The molecule has 0 heterocycles. The Bertz CT molecular complexity index is 581. The van der Waals surface area contributed by atoms with Crippen LogP contribution in [-0.2, 0) is 0 Å². The summed E-state index contributed by atoms with van der Waals surface area (Å²) in [6, 6.07) is 14.9. The molecule has 0 saturated heterocycles. The molecule has 0 bridgehead atoms. The second kappa shape index (κ2) is 6.06. The number of benzene rings is 2. The first-order valence-electron chi connectivity index (χ1n) is 5.99. The van der Waals surface area contributed by atoms with Crippen molar-refractivity contribution in [2.45, 2.75) is 13.0 Å². The van der Waals surface area contributed by atoms with Gasteiger partial charge in [0.1, 0.15) is 0 Å². The van der Waals surface area contributed by atoms with E-state index < -0.39 is 0 Å². The van der Waals surface area contributed by atoms with E-state index in [1.54, 1.807) is 24.3 Å². The molecule has 19 heavy (non-hydrogen) atoms. The van der Waals surface area contributed by atoms with Crippen molar-refractivity contribution >= 4 is 34.2 Å². The molecule has 3 nitrogen and oxygen atoms in total. The zero-order valence-corrected chi connectivity index (χ0v) is 12.7. The molecule has 0 aliphatic rings. The monoisotopic (exact) mass is 366 g/mol. The average Bonchev–Trinajstić information content (AvgIpc) is 2.39. The molecule has 1 atom stereocenters. The lowest BCUT2D eigenvalue weighted by molar-refractivity contribution is 0.0940. The highest BCUT2D eigenvalue weighted by Crippen LogP contribution is 2.19. The summed E-state index contributed by atoms with van der Waals surface area (Å²) in [4.78, 5) is 12.1. The van der Waals surface area contributed by atoms with Gasteiger partial charge >= 0.3 is 0 Å². The van der Waals surface area contributed by atoms with Gasteiger partial charge in [-0.25, -0.2) is 0 Å². The fraction of sp³-hybridized carbons (Fsp3) is 0.133. The number of nitrogens with one attached hydrogen (secondary N) is 1. The van der Waals surface area contributed by atoms with Crippen molar-refractivity contribution in [3.8, 4) is 0 Å². The molecule has 0 aliphatic heterocycles. The van der Waals surface area contributed by atoms with Crippen LogP contribution in [0.25, 0.3) is 0 Å². The molecule has 1 unspecified atom stereocenters. The molecule has 2 aromatic rings. The maximum atomic E-state index is 12.1. The van der Waals surface area contributed by atoms with E-state index in [1.165, 1.54) is 0 Å². The van der Waals surface area contributed by atoms with Crippen LogP contribution in [0.1, 0.15) is 28.9 Å². The maximum Gasteiger partial charge on any atom is 0.251 e. The van der Waals surface area contributed by atoms with E-state index in [9.17, 15) is 4.79 Å². The van der Waals surface area contributed by atoms with Gasteiger partial charge in [0.25, 0.3) is 5.91 Å². The van der Waals surface area contributed by atoms with Gasteiger partial charge in [-0.05, 0) is 65.4 Å². The van der Waals surface area contributed by atoms with Crippen LogP contribution in [0.2, 0.25) is 0 Å². The van der Waals surface area contributed by atoms with Gasteiger partial charge < -0.3 is 11.1 Å². The minimum Gasteiger partial charge on any atom is -0.399 e. The molecular weight excluding hydrogens is 351 g/mol. The molecule has 4 heteroatoms. The van der Waals surface area contributed by atoms with Crippen molar-refractivity contribution in [3.05, 3.63) is 63.2 Å². The zero-order chi connectivity index (χ0) is 13.8. The summed E-state index contributed by atoms with van der Waals surface area (Å²) in [5.41, 5.74) is 8.00. The van der Waals surface area contributed by atoms with Gasteiger partial charge in [0.2, 0.25) is 0 Å². The Morgan fingerprint density at radius 2 is 1.79 bits per heavy atom. The Labute approximate surface area is 126 Å². The van der Waals surface area contributed by atoms with Gasteiger partial charge in [-0.1, -0.05) is 18.2 Å². The predicted molar refractivity (Wildman–Crippen MR) is 85.9 cm³/mol. The number of nitrogens with two attached hydrogens (primary N) is 1. The summed E-state index contributed by atoms with van der Waals surface area (Å²) >= 11 is 2.27. The minimum atomic E-state index is -0.0906. The molecule has 1 amide bonds. The van der Waals surface area contributed by atoms with Gasteiger partial charge in [0.05, 0.1) is 6.04 Å². The van der Waals surface area contributed by atoms with E-state index in [1.807, 2.05) is 31.2 Å². The fourth-order valence-corrected chi connectivity index (χ4v) is 2.67. The Morgan fingerprint density at radius 3 is 2.42 bits per heavy atom. The Kier molecular flexibility index (Phi) is 4.42. The third-order valence-corrected chi connectivity index (χ3v) is 3.87. The molecule has 3 N–H and O–H groups in total. The van der Waals surface area contributed by atoms with Crippen molar-refractivity contribution in [1.82, 2.24) is 5.32 Å². The van der Waals surface area contributed by atoms with E-state index >= 15 is 0 Å². The van der Waals surface area contributed by atoms with E-state index in [0.29, 0.717) is 11.3 Å². The average molecular weight is 366 g/mol. The highest BCUT2D eigenvalue weighted by Gasteiger charge is 2.13. The number of amides is 1. The zero-order valence-electron chi connectivity index (χ0n) is 10.6. The quantitative estimate of drug-likeness (QED) is 0.647. The standard InChI is InChI=1S/C15H15IN2O/c1-10(13-4-2-3-5-14(13)16)18-15(19)11-6-8-12(17)9-7-11/h2-10H,17H2,1H3,(H,18,19). The number of hydrogen-bond acceptors (Lipinski definition) is 2. The predicted octanol–water partition coefficient (Wildman–Crippen LogP) is 3.36. The van der Waals surface area contributed by atoms with Crippen LogP contribution < -0.4 is 11.1 Å². The van der Waals surface area contributed by atoms with E-state index in [0.717, 1.165) is 9.13 Å². The minimum absolute atomic E-state index is 0.0295. The molecule has 2 rings (SSSR count). The Balaban J connectivity index is 2.11. The van der Waals surface area contributed by atoms with Crippen LogP contribution in [-0.4, -0.2) is 5.91 Å². The topological polar surface area (TPSA) is 55.1 Å². The van der Waals surface area contributed by atoms with Crippen molar-refractivity contribution in [1.29, 1.82) is 0 Å². The van der Waals surface area contributed by atoms with Crippen LogP contribution in [0.3, 0.4) is 0 Å². The normalized spacial score (nSPS) is 11.9. The number of nitrogen functional groups attached to an aromatic ring is 1. The van der Waals surface area contributed by atoms with Crippen LogP contribution in [0.4, 0.5) is 5.69 Å². The number of carbonyl (C=O) groups excluding carboxylic acids is 1. The van der Waals surface area contributed by atoms with Crippen molar-refractivity contribution < 1.29 is 4.79 Å². The molecule has 0 fully saturated rings. The van der Waals surface area contributed by atoms with E-state index in [2.05, 4.69) is 27.9 Å². The Hall–Kier alpha value is -1.56. The molecule has 0 spiro atoms. The summed E-state index contributed by atoms with van der Waals surface area (Å²) in [5, 5.41) is 2.99. The summed E-state index contributed by atoms with van der Waals surface area (Å²) in [7, 11) is 0. The lowest BCUT2D eigenvalue weighted by Gasteiger charge is -2.16. The fourth-order valence-electron chi connectivity index (χ4n) is 1.82. The SMILES string of the molecule is CC(NC(=O)c1ccc(N)cc1)c1ccccc1I. The maximum absolute atomic E-state index is 12.1. The number of rotatable bonds is 3. The van der Waals surface area contributed by atoms with Crippen molar-refractivity contribution in [3.63, 3.8) is 0 Å². The van der Waals surface area contributed by atoms with E-state index in [4.69, 9.17) is 5.73 Å². The summed E-state index contributed by atoms with van der Waals surface area (Å²) in [6.45, 7) is 1.98. The molecule has 2 aromatic carbocycles. The van der Waals surface area contributed by atoms with Gasteiger partial charge in [-0.2, -0.15) is 0 Å². The third-order valence-electron chi connectivity index (χ3n) is 2.89. The van der Waals surface area contributed by atoms with Crippen LogP contribution in [0.15, 0.2) is 48.5 Å². The molecule has 0 aliphatic carbocycles. The summed E-state index contributed by atoms with van der Waals surface area (Å²) in [5.74, 6) is -0.0906. The smallest absolute Gasteiger partial charge is 0.251 e. The summed E-state index contributed by atoms with van der Waals surface area (Å²) < 4.78 is 1.14. The second-order valence-corrected chi connectivity index (χ2v) is 5.50. The van der Waals surface area contributed by atoms with Gasteiger partial charge in [0, 0.05) is 14.8 Å². The second-order valence-electron chi connectivity index (χ2n) is 4.34. The lowest BCUT2D eigenvalue weighted by atomic mass is 10.1. The first-order chi connectivity index (χ1) is 9.08. The third kappa shape index (κ3) is 3.47. The van der Waals surface area contributed by atoms with Gasteiger partial charge in [-0.15, -0.1) is 0 Å². The molecule has 0 aromatic heterocycles. The van der Waals surface area contributed by atoms with Crippen LogP contribution >= 0.6 is 22.6 Å². The number of halogens is 1. The molecule has 0 saturated carbocycles. The Morgan fingerprint density at radius 1 is 1.16 bits per heavy atom. The first-order valence-corrected chi connectivity index (χ1v) is 7.06. The molecular formula is C15H15IN2O. The number of carbonyl (C=O) groups is 1. The summed E-state index contributed by atoms with van der Waals surface area (Å²) in [6.07, 6.45) is 0. The number of anilines is 1. The highest BCUT2D eigenvalue weighted by molar-refractivity contribution is 14.1. The highest BCUT2D eigenvalue weighted by atomic mass is 127. The van der Waals surface area contributed by atoms with Crippen molar-refractivity contribution in [2.24, 2.45) is 0 Å². The van der Waals surface area contributed by atoms with Crippen LogP contribution in [0, 0.1) is 3.57 Å². The van der Waals surface area contributed by atoms with Gasteiger partial charge in [0.15, 0.2) is 0 Å². The molecule has 0 radical (unpaired) electrons. The first kappa shape index (κ1) is 13.9.